The Hall–Kier alpha value is -3.23. The first-order valence-corrected chi connectivity index (χ1v) is 6.22. The Morgan fingerprint density at radius 3 is 2.73 bits per heavy atom. The van der Waals surface area contributed by atoms with Crippen molar-refractivity contribution in [3.8, 4) is 12.3 Å². The van der Waals surface area contributed by atoms with Crippen LogP contribution in [0.1, 0.15) is 29.8 Å². The van der Waals surface area contributed by atoms with E-state index in [1.165, 1.54) is 18.2 Å². The summed E-state index contributed by atoms with van der Waals surface area (Å²) in [5, 5.41) is 3.41. The van der Waals surface area contributed by atoms with Crippen LogP contribution in [0.4, 0.5) is 5.69 Å². The largest absolute Gasteiger partial charge is 0.418 e. The monoisotopic (exact) mass is 297 g/mol. The molecule has 22 heavy (non-hydrogen) atoms. The lowest BCUT2D eigenvalue weighted by Crippen LogP contribution is -2.20. The van der Waals surface area contributed by atoms with Crippen molar-refractivity contribution in [1.82, 2.24) is 0 Å². The van der Waals surface area contributed by atoms with Crippen LogP contribution in [0.2, 0.25) is 0 Å². The van der Waals surface area contributed by atoms with Crippen molar-refractivity contribution in [2.45, 2.75) is 20.1 Å². The van der Waals surface area contributed by atoms with E-state index in [2.05, 4.69) is 15.9 Å². The fourth-order valence-corrected chi connectivity index (χ4v) is 1.81. The van der Waals surface area contributed by atoms with E-state index in [4.69, 9.17) is 21.4 Å². The molecule has 0 radical (unpaired) electrons. The minimum absolute atomic E-state index is 0.103. The Balaban J connectivity index is 2.27. The summed E-state index contributed by atoms with van der Waals surface area (Å²) in [6.07, 6.45) is 4.23. The maximum Gasteiger partial charge on any atom is 0.341 e. The van der Waals surface area contributed by atoms with E-state index in [0.29, 0.717) is 16.7 Å². The smallest absolute Gasteiger partial charge is 0.341 e. The third kappa shape index (κ3) is 2.92. The highest BCUT2D eigenvalue weighted by molar-refractivity contribution is 5.93. The number of carbonyl (C=O) groups excluding carboxylic acids is 2. The van der Waals surface area contributed by atoms with Crippen molar-refractivity contribution < 1.29 is 19.1 Å². The molecule has 110 valence electrons. The predicted molar refractivity (Wildman–Crippen MR) is 76.9 cm³/mol. The number of carbonyl (C=O) groups is 2. The van der Waals surface area contributed by atoms with Crippen molar-refractivity contribution in [3.63, 3.8) is 0 Å². The molecule has 1 unspecified atom stereocenters. The van der Waals surface area contributed by atoms with Gasteiger partial charge in [-0.15, -0.1) is 6.42 Å². The van der Waals surface area contributed by atoms with Crippen LogP contribution in [0.15, 0.2) is 34.5 Å². The van der Waals surface area contributed by atoms with Gasteiger partial charge in [0.05, 0.1) is 5.56 Å². The molecule has 0 saturated carbocycles. The number of esters is 2. The number of cyclic esters (lactones) is 1. The molecule has 1 aliphatic rings. The van der Waals surface area contributed by atoms with Gasteiger partial charge in [-0.25, -0.2) is 9.59 Å². The van der Waals surface area contributed by atoms with E-state index in [9.17, 15) is 9.59 Å². The van der Waals surface area contributed by atoms with Crippen molar-refractivity contribution in [2.24, 2.45) is 5.11 Å². The highest BCUT2D eigenvalue weighted by Gasteiger charge is 2.31. The molecule has 7 nitrogen and oxygen atoms in total. The Kier molecular flexibility index (Phi) is 4.16. The first-order chi connectivity index (χ1) is 10.5. The average Bonchev–Trinajstić information content (AvgIpc) is 2.74. The molecule has 0 aliphatic carbocycles. The summed E-state index contributed by atoms with van der Waals surface area (Å²) in [6.45, 7) is 3.23. The first kappa shape index (κ1) is 15.2. The molecule has 1 heterocycles. The Labute approximate surface area is 126 Å². The molecule has 0 N–H and O–H groups in total. The van der Waals surface area contributed by atoms with Crippen LogP contribution in [0, 0.1) is 12.3 Å². The van der Waals surface area contributed by atoms with Crippen LogP contribution in [0.5, 0.6) is 0 Å². The Morgan fingerprint density at radius 1 is 1.45 bits per heavy atom. The normalized spacial score (nSPS) is 16.6. The molecule has 2 rings (SSSR count). The summed E-state index contributed by atoms with van der Waals surface area (Å²) in [6, 6.07) is 4.22. The first-order valence-electron chi connectivity index (χ1n) is 6.22. The molecule has 0 bridgehead atoms. The Morgan fingerprint density at radius 2 is 2.18 bits per heavy atom. The molecule has 0 spiro atoms. The fourth-order valence-electron chi connectivity index (χ4n) is 1.81. The summed E-state index contributed by atoms with van der Waals surface area (Å²) >= 11 is 0. The zero-order valence-electron chi connectivity index (χ0n) is 11.9. The summed E-state index contributed by atoms with van der Waals surface area (Å²) in [5.41, 5.74) is 10.1. The van der Waals surface area contributed by atoms with Crippen LogP contribution in [0.3, 0.4) is 0 Å². The number of rotatable bonds is 3. The van der Waals surface area contributed by atoms with Crippen LogP contribution in [-0.4, -0.2) is 18.2 Å². The minimum atomic E-state index is -1.06. The zero-order chi connectivity index (χ0) is 16.3. The fraction of sp³-hybridized carbons (Fsp3) is 0.200. The van der Waals surface area contributed by atoms with Crippen molar-refractivity contribution >= 4 is 17.6 Å². The number of hydrogen-bond donors (Lipinski definition) is 0. The molecule has 0 fully saturated rings. The van der Waals surface area contributed by atoms with Crippen LogP contribution >= 0.6 is 0 Å². The van der Waals surface area contributed by atoms with E-state index in [0.717, 1.165) is 0 Å². The van der Waals surface area contributed by atoms with Crippen LogP contribution in [0.25, 0.3) is 10.4 Å². The van der Waals surface area contributed by atoms with Gasteiger partial charge in [0.2, 0.25) is 0 Å². The van der Waals surface area contributed by atoms with Crippen LogP contribution < -0.4 is 0 Å². The van der Waals surface area contributed by atoms with Gasteiger partial charge in [-0.1, -0.05) is 11.0 Å². The number of nitrogens with zero attached hydrogens (tertiary/aromatic N) is 3. The molecular weight excluding hydrogens is 286 g/mol. The summed E-state index contributed by atoms with van der Waals surface area (Å²) in [4.78, 5) is 26.2. The van der Waals surface area contributed by atoms with E-state index < -0.39 is 18.2 Å². The van der Waals surface area contributed by atoms with Crippen molar-refractivity contribution in [2.75, 3.05) is 0 Å². The molecule has 7 heteroatoms. The van der Waals surface area contributed by atoms with Crippen LogP contribution in [-0.2, 0) is 14.3 Å². The van der Waals surface area contributed by atoms with Gasteiger partial charge in [-0.2, -0.15) is 0 Å². The SMILES string of the molecule is C#Cc1cc(N=[N+]=[N-])cc(C(=O)OC2OC(=O)C(C)=C2C)c1. The molecule has 1 aromatic carbocycles. The quantitative estimate of drug-likeness (QED) is 0.281. The van der Waals surface area contributed by atoms with Gasteiger partial charge in [-0.3, -0.25) is 0 Å². The molecule has 1 aliphatic heterocycles. The zero-order valence-corrected chi connectivity index (χ0v) is 11.9. The van der Waals surface area contributed by atoms with Gasteiger partial charge in [0.25, 0.3) is 6.29 Å². The number of benzene rings is 1. The van der Waals surface area contributed by atoms with Gasteiger partial charge < -0.3 is 9.47 Å². The number of terminal acetylenes is 1. The van der Waals surface area contributed by atoms with E-state index in [1.807, 2.05) is 0 Å². The van der Waals surface area contributed by atoms with Gasteiger partial charge in [-0.05, 0) is 37.6 Å². The topological polar surface area (TPSA) is 101 Å². The number of azide groups is 1. The summed E-state index contributed by atoms with van der Waals surface area (Å²) in [7, 11) is 0. The maximum atomic E-state index is 12.1. The lowest BCUT2D eigenvalue weighted by molar-refractivity contribution is -0.152. The number of hydrogen-bond acceptors (Lipinski definition) is 5. The van der Waals surface area contributed by atoms with E-state index in [1.54, 1.807) is 13.8 Å². The highest BCUT2D eigenvalue weighted by Crippen LogP contribution is 2.25. The standard InChI is InChI=1S/C15H11N3O4/c1-4-10-5-11(7-12(6-10)17-18-16)14(20)22-15-9(3)8(2)13(19)21-15/h1,5-7,15H,2-3H3. The highest BCUT2D eigenvalue weighted by atomic mass is 16.7. The van der Waals surface area contributed by atoms with Gasteiger partial charge in [0, 0.05) is 27.3 Å². The second kappa shape index (κ2) is 6.04. The average molecular weight is 297 g/mol. The number of ether oxygens (including phenoxy) is 2. The lowest BCUT2D eigenvalue weighted by Gasteiger charge is -2.13. The predicted octanol–water partition coefficient (Wildman–Crippen LogP) is 2.99. The van der Waals surface area contributed by atoms with Gasteiger partial charge >= 0.3 is 11.9 Å². The van der Waals surface area contributed by atoms with Crippen molar-refractivity contribution in [3.05, 3.63) is 50.9 Å². The molecule has 0 amide bonds. The molecule has 0 saturated heterocycles. The minimum Gasteiger partial charge on any atom is -0.418 e. The summed E-state index contributed by atoms with van der Waals surface area (Å²) < 4.78 is 10.1. The lowest BCUT2D eigenvalue weighted by atomic mass is 10.1. The van der Waals surface area contributed by atoms with Gasteiger partial charge in [0.1, 0.15) is 0 Å². The summed E-state index contributed by atoms with van der Waals surface area (Å²) in [5.74, 6) is 1.09. The molecule has 1 atom stereocenters. The van der Waals surface area contributed by atoms with E-state index >= 15 is 0 Å². The maximum absolute atomic E-state index is 12.1. The second-order valence-corrected chi connectivity index (χ2v) is 4.55. The molecular formula is C15H11N3O4. The van der Waals surface area contributed by atoms with Gasteiger partial charge in [0.15, 0.2) is 0 Å². The Bertz CT molecular complexity index is 782. The third-order valence-electron chi connectivity index (χ3n) is 3.16. The van der Waals surface area contributed by atoms with E-state index in [-0.39, 0.29) is 11.3 Å². The molecule has 0 aromatic heterocycles. The second-order valence-electron chi connectivity index (χ2n) is 4.55. The third-order valence-corrected chi connectivity index (χ3v) is 3.16. The van der Waals surface area contributed by atoms with Crippen molar-refractivity contribution in [1.29, 1.82) is 0 Å². The molecule has 1 aromatic rings.